The van der Waals surface area contributed by atoms with Crippen LogP contribution in [-0.4, -0.2) is 54.0 Å². The molecule has 92 valence electrons. The molecule has 1 atom stereocenters. The Hall–Kier alpha value is -1.63. The molecule has 7 heteroatoms. The van der Waals surface area contributed by atoms with Crippen molar-refractivity contribution in [2.75, 3.05) is 20.1 Å². The first kappa shape index (κ1) is 14.4. The number of amides is 2. The van der Waals surface area contributed by atoms with E-state index in [1.165, 1.54) is 4.90 Å². The molecule has 1 unspecified atom stereocenters. The number of hydrogen-bond donors (Lipinski definition) is 3. The highest BCUT2D eigenvalue weighted by Crippen LogP contribution is 1.89. The maximum atomic E-state index is 11.3. The van der Waals surface area contributed by atoms with Crippen LogP contribution in [0.1, 0.15) is 13.3 Å². The zero-order valence-corrected chi connectivity index (χ0v) is 9.40. The zero-order valence-electron chi connectivity index (χ0n) is 9.40. The number of rotatable bonds is 6. The Bertz CT molecular complexity index is 280. The topological polar surface area (TPSA) is 113 Å². The van der Waals surface area contributed by atoms with Gasteiger partial charge in [0.05, 0.1) is 19.0 Å². The van der Waals surface area contributed by atoms with E-state index in [0.29, 0.717) is 6.54 Å². The van der Waals surface area contributed by atoms with Crippen molar-refractivity contribution in [1.82, 2.24) is 10.2 Å². The van der Waals surface area contributed by atoms with Gasteiger partial charge in [-0.3, -0.25) is 14.4 Å². The Morgan fingerprint density at radius 1 is 1.44 bits per heavy atom. The number of carbonyl (C=O) groups excluding carboxylic acids is 2. The molecule has 4 N–H and O–H groups in total. The summed E-state index contributed by atoms with van der Waals surface area (Å²) in [5.41, 5.74) is 5.30. The largest absolute Gasteiger partial charge is 0.481 e. The first-order valence-corrected chi connectivity index (χ1v) is 4.87. The number of carboxylic acid groups (broad SMARTS) is 1. The SMILES string of the molecule is CCN(C)C(=O)CNC(=O)C(N)CC(=O)O. The number of aliphatic carboxylic acids is 1. The predicted molar refractivity (Wildman–Crippen MR) is 56.5 cm³/mol. The normalized spacial score (nSPS) is 11.7. The lowest BCUT2D eigenvalue weighted by Gasteiger charge is -2.15. The quantitative estimate of drug-likeness (QED) is 0.508. The van der Waals surface area contributed by atoms with Gasteiger partial charge in [-0.05, 0) is 6.92 Å². The van der Waals surface area contributed by atoms with Crippen LogP contribution >= 0.6 is 0 Å². The van der Waals surface area contributed by atoms with Gasteiger partial charge in [-0.1, -0.05) is 0 Å². The number of nitrogens with two attached hydrogens (primary N) is 1. The zero-order chi connectivity index (χ0) is 12.7. The van der Waals surface area contributed by atoms with Gasteiger partial charge in [0.25, 0.3) is 0 Å². The van der Waals surface area contributed by atoms with E-state index in [1.807, 2.05) is 0 Å². The van der Waals surface area contributed by atoms with E-state index in [2.05, 4.69) is 5.32 Å². The van der Waals surface area contributed by atoms with Gasteiger partial charge in [-0.25, -0.2) is 0 Å². The fourth-order valence-corrected chi connectivity index (χ4v) is 0.886. The molecule has 0 saturated heterocycles. The highest BCUT2D eigenvalue weighted by atomic mass is 16.4. The second kappa shape index (κ2) is 6.78. The van der Waals surface area contributed by atoms with Gasteiger partial charge in [0, 0.05) is 13.6 Å². The van der Waals surface area contributed by atoms with E-state index in [-0.39, 0.29) is 12.5 Å². The monoisotopic (exact) mass is 231 g/mol. The Balaban J connectivity index is 3.97. The van der Waals surface area contributed by atoms with E-state index in [9.17, 15) is 14.4 Å². The summed E-state index contributed by atoms with van der Waals surface area (Å²) in [6.45, 7) is 2.17. The summed E-state index contributed by atoms with van der Waals surface area (Å²) in [6, 6.07) is -1.13. The van der Waals surface area contributed by atoms with Crippen LogP contribution in [0.2, 0.25) is 0 Å². The molecule has 0 aromatic rings. The lowest BCUT2D eigenvalue weighted by molar-refractivity contribution is -0.139. The summed E-state index contributed by atoms with van der Waals surface area (Å²) in [4.78, 5) is 34.2. The Morgan fingerprint density at radius 3 is 2.44 bits per heavy atom. The summed E-state index contributed by atoms with van der Waals surface area (Å²) in [5, 5.41) is 10.7. The summed E-state index contributed by atoms with van der Waals surface area (Å²) < 4.78 is 0. The van der Waals surface area contributed by atoms with Crippen molar-refractivity contribution >= 4 is 17.8 Å². The molecule has 0 rings (SSSR count). The van der Waals surface area contributed by atoms with Crippen molar-refractivity contribution < 1.29 is 19.5 Å². The third-order valence-electron chi connectivity index (χ3n) is 2.05. The van der Waals surface area contributed by atoms with Crippen molar-refractivity contribution in [1.29, 1.82) is 0 Å². The average molecular weight is 231 g/mol. The van der Waals surface area contributed by atoms with Crippen molar-refractivity contribution in [3.05, 3.63) is 0 Å². The van der Waals surface area contributed by atoms with Crippen LogP contribution in [-0.2, 0) is 14.4 Å². The van der Waals surface area contributed by atoms with E-state index < -0.39 is 24.3 Å². The van der Waals surface area contributed by atoms with Gasteiger partial charge in [0.2, 0.25) is 11.8 Å². The number of nitrogens with one attached hydrogen (secondary N) is 1. The third kappa shape index (κ3) is 5.30. The van der Waals surface area contributed by atoms with E-state index >= 15 is 0 Å². The molecule has 0 aliphatic heterocycles. The van der Waals surface area contributed by atoms with Crippen LogP contribution in [0.3, 0.4) is 0 Å². The maximum absolute atomic E-state index is 11.3. The predicted octanol–water partition coefficient (Wildman–Crippen LogP) is -1.62. The first-order valence-electron chi connectivity index (χ1n) is 4.87. The van der Waals surface area contributed by atoms with Crippen molar-refractivity contribution in [2.24, 2.45) is 5.73 Å². The van der Waals surface area contributed by atoms with Gasteiger partial charge in [-0.2, -0.15) is 0 Å². The number of hydrogen-bond acceptors (Lipinski definition) is 4. The fraction of sp³-hybridized carbons (Fsp3) is 0.667. The summed E-state index contributed by atoms with van der Waals surface area (Å²) >= 11 is 0. The van der Waals surface area contributed by atoms with Crippen molar-refractivity contribution in [3.63, 3.8) is 0 Å². The smallest absolute Gasteiger partial charge is 0.305 e. The van der Waals surface area contributed by atoms with Crippen molar-refractivity contribution in [3.8, 4) is 0 Å². The molecule has 0 radical (unpaired) electrons. The molecule has 0 aromatic heterocycles. The molecule has 0 aromatic carbocycles. The van der Waals surface area contributed by atoms with Crippen LogP contribution in [0, 0.1) is 0 Å². The number of nitrogens with zero attached hydrogens (tertiary/aromatic N) is 1. The number of carboxylic acids is 1. The van der Waals surface area contributed by atoms with Crippen LogP contribution in [0.5, 0.6) is 0 Å². The third-order valence-corrected chi connectivity index (χ3v) is 2.05. The van der Waals surface area contributed by atoms with Gasteiger partial charge >= 0.3 is 5.97 Å². The summed E-state index contributed by atoms with van der Waals surface area (Å²) in [7, 11) is 1.60. The van der Waals surface area contributed by atoms with Crippen LogP contribution < -0.4 is 11.1 Å². The number of likely N-dealkylation sites (N-methyl/N-ethyl adjacent to an activating group) is 1. The average Bonchev–Trinajstić information content (AvgIpc) is 2.23. The molecule has 0 heterocycles. The Labute approximate surface area is 93.6 Å². The minimum absolute atomic E-state index is 0.170. The highest BCUT2D eigenvalue weighted by Gasteiger charge is 2.17. The summed E-state index contributed by atoms with van der Waals surface area (Å²) in [5.74, 6) is -2.04. The highest BCUT2D eigenvalue weighted by molar-refractivity contribution is 5.89. The van der Waals surface area contributed by atoms with E-state index in [1.54, 1.807) is 14.0 Å². The molecule has 0 fully saturated rings. The molecule has 2 amide bonds. The van der Waals surface area contributed by atoms with Crippen LogP contribution in [0.4, 0.5) is 0 Å². The van der Waals surface area contributed by atoms with Gasteiger partial charge < -0.3 is 21.1 Å². The second-order valence-corrected chi connectivity index (χ2v) is 3.33. The van der Waals surface area contributed by atoms with Crippen LogP contribution in [0.15, 0.2) is 0 Å². The molecule has 0 spiro atoms. The molecule has 0 aliphatic rings. The molecule has 16 heavy (non-hydrogen) atoms. The summed E-state index contributed by atoms with van der Waals surface area (Å²) in [6.07, 6.45) is -0.455. The lowest BCUT2D eigenvalue weighted by atomic mass is 10.2. The fourth-order valence-electron chi connectivity index (χ4n) is 0.886. The molecule has 0 aliphatic carbocycles. The molecular weight excluding hydrogens is 214 g/mol. The maximum Gasteiger partial charge on any atom is 0.305 e. The number of carbonyl (C=O) groups is 3. The van der Waals surface area contributed by atoms with Crippen LogP contribution in [0.25, 0.3) is 0 Å². The standard InChI is InChI=1S/C9H17N3O4/c1-3-12(2)7(13)5-11-9(16)6(10)4-8(14)15/h6H,3-5,10H2,1-2H3,(H,11,16)(H,14,15). The van der Waals surface area contributed by atoms with Crippen molar-refractivity contribution in [2.45, 2.75) is 19.4 Å². The Morgan fingerprint density at radius 2 is 2.00 bits per heavy atom. The molecule has 0 saturated carbocycles. The minimum Gasteiger partial charge on any atom is -0.481 e. The van der Waals surface area contributed by atoms with Gasteiger partial charge in [-0.15, -0.1) is 0 Å². The second-order valence-electron chi connectivity index (χ2n) is 3.33. The van der Waals surface area contributed by atoms with E-state index in [0.717, 1.165) is 0 Å². The van der Waals surface area contributed by atoms with Gasteiger partial charge in [0.15, 0.2) is 0 Å². The molecule has 0 bridgehead atoms. The minimum atomic E-state index is -1.15. The molecule has 7 nitrogen and oxygen atoms in total. The lowest BCUT2D eigenvalue weighted by Crippen LogP contribution is -2.46. The Kier molecular flexibility index (Phi) is 6.09. The first-order chi connectivity index (χ1) is 7.38. The van der Waals surface area contributed by atoms with Gasteiger partial charge in [0.1, 0.15) is 0 Å². The van der Waals surface area contributed by atoms with E-state index in [4.69, 9.17) is 10.8 Å². The molecular formula is C9H17N3O4.